The van der Waals surface area contributed by atoms with Gasteiger partial charge >= 0.3 is 0 Å². The number of aromatic nitrogens is 1. The molecule has 2 aromatic rings. The Morgan fingerprint density at radius 3 is 2.26 bits per heavy atom. The normalized spacial score (nSPS) is 18.9. The van der Waals surface area contributed by atoms with E-state index >= 15 is 0 Å². The van der Waals surface area contributed by atoms with Gasteiger partial charge in [0.1, 0.15) is 0 Å². The molecule has 0 spiro atoms. The van der Waals surface area contributed by atoms with Crippen LogP contribution in [0.15, 0.2) is 53.8 Å². The lowest BCUT2D eigenvalue weighted by Gasteiger charge is -2.37. The summed E-state index contributed by atoms with van der Waals surface area (Å²) < 4.78 is 0. The molecule has 3 heterocycles. The molecule has 0 radical (unpaired) electrons. The van der Waals surface area contributed by atoms with Crippen LogP contribution in [0.25, 0.3) is 0 Å². The first-order valence-electron chi connectivity index (χ1n) is 12.8. The molecule has 1 amide bonds. The Morgan fingerprint density at radius 1 is 0.971 bits per heavy atom. The largest absolute Gasteiger partial charge is 0.342 e. The van der Waals surface area contributed by atoms with Gasteiger partial charge in [0.05, 0.1) is 0 Å². The molecule has 1 aromatic heterocycles. The molecule has 6 heteroatoms. The Kier molecular flexibility index (Phi) is 9.11. The molecule has 0 aliphatic carbocycles. The first kappa shape index (κ1) is 24.9. The molecule has 0 bridgehead atoms. The van der Waals surface area contributed by atoms with Crippen molar-refractivity contribution in [2.75, 3.05) is 32.7 Å². The number of pyridine rings is 1. The Morgan fingerprint density at radius 2 is 1.62 bits per heavy atom. The molecular formula is C28H37ClN4O. The van der Waals surface area contributed by atoms with Crippen LogP contribution in [0.1, 0.15) is 56.6 Å². The summed E-state index contributed by atoms with van der Waals surface area (Å²) in [5, 5.41) is 0.754. The topological polar surface area (TPSA) is 48.8 Å². The number of hydrogen-bond acceptors (Lipinski definition) is 4. The third-order valence-electron chi connectivity index (χ3n) is 7.22. The number of piperidine rings is 2. The van der Waals surface area contributed by atoms with E-state index in [9.17, 15) is 4.79 Å². The highest BCUT2D eigenvalue weighted by Gasteiger charge is 2.32. The number of benzene rings is 1. The van der Waals surface area contributed by atoms with Crippen molar-refractivity contribution in [3.05, 3.63) is 64.9 Å². The molecule has 2 saturated heterocycles. The van der Waals surface area contributed by atoms with Gasteiger partial charge in [-0.25, -0.2) is 0 Å². The highest BCUT2D eigenvalue weighted by Crippen LogP contribution is 2.27. The average Bonchev–Trinajstić information content (AvgIpc) is 2.88. The van der Waals surface area contributed by atoms with Gasteiger partial charge in [-0.3, -0.25) is 19.7 Å². The van der Waals surface area contributed by atoms with E-state index in [2.05, 4.69) is 46.0 Å². The maximum atomic E-state index is 13.3. The fourth-order valence-electron chi connectivity index (χ4n) is 5.15. The number of unbranched alkanes of at least 4 members (excludes halogenated alkanes) is 1. The lowest BCUT2D eigenvalue weighted by molar-refractivity contribution is -0.138. The monoisotopic (exact) mass is 480 g/mol. The van der Waals surface area contributed by atoms with E-state index in [-0.39, 0.29) is 5.92 Å². The van der Waals surface area contributed by atoms with E-state index in [1.54, 1.807) is 0 Å². The van der Waals surface area contributed by atoms with Crippen LogP contribution in [0.4, 0.5) is 0 Å². The molecule has 1 aromatic carbocycles. The molecule has 2 aliphatic heterocycles. The Bertz CT molecular complexity index is 931. The van der Waals surface area contributed by atoms with Crippen molar-refractivity contribution < 1.29 is 4.79 Å². The van der Waals surface area contributed by atoms with Gasteiger partial charge in [-0.15, -0.1) is 0 Å². The first-order chi connectivity index (χ1) is 16.6. The van der Waals surface area contributed by atoms with Gasteiger partial charge in [0.25, 0.3) is 0 Å². The van der Waals surface area contributed by atoms with Crippen molar-refractivity contribution in [1.82, 2.24) is 14.8 Å². The van der Waals surface area contributed by atoms with Gasteiger partial charge in [0.15, 0.2) is 0 Å². The number of carbonyl (C=O) groups is 1. The van der Waals surface area contributed by atoms with Crippen LogP contribution < -0.4 is 0 Å². The summed E-state index contributed by atoms with van der Waals surface area (Å²) in [5.74, 6) is 0.932. The third kappa shape index (κ3) is 6.67. The number of halogens is 1. The smallest absolute Gasteiger partial charge is 0.225 e. The van der Waals surface area contributed by atoms with Gasteiger partial charge in [0.2, 0.25) is 5.91 Å². The van der Waals surface area contributed by atoms with E-state index in [0.29, 0.717) is 11.8 Å². The zero-order valence-corrected chi connectivity index (χ0v) is 21.1. The Hall–Kier alpha value is -2.24. The van der Waals surface area contributed by atoms with Crippen LogP contribution in [0, 0.1) is 11.8 Å². The Balaban J connectivity index is 1.29. The molecule has 2 fully saturated rings. The SMILES string of the molecule is CCCCN=C(c1ccc(Cl)cc1)C1CCN(C(=O)C2CCN(Cc3ccncc3)CC2)CC1. The molecule has 34 heavy (non-hydrogen) atoms. The average molecular weight is 481 g/mol. The predicted octanol–water partition coefficient (Wildman–Crippen LogP) is 5.48. The van der Waals surface area contributed by atoms with Crippen LogP contribution in [0.3, 0.4) is 0 Å². The van der Waals surface area contributed by atoms with E-state index in [1.165, 1.54) is 16.8 Å². The number of hydrogen-bond donors (Lipinski definition) is 0. The molecule has 4 rings (SSSR count). The van der Waals surface area contributed by atoms with Crippen molar-refractivity contribution in [3.63, 3.8) is 0 Å². The zero-order chi connectivity index (χ0) is 23.8. The van der Waals surface area contributed by atoms with Crippen molar-refractivity contribution in [2.45, 2.75) is 52.0 Å². The van der Waals surface area contributed by atoms with E-state index < -0.39 is 0 Å². The number of likely N-dealkylation sites (tertiary alicyclic amines) is 2. The van der Waals surface area contributed by atoms with Gasteiger partial charge in [-0.05, 0) is 80.6 Å². The van der Waals surface area contributed by atoms with Gasteiger partial charge < -0.3 is 4.90 Å². The summed E-state index contributed by atoms with van der Waals surface area (Å²) in [7, 11) is 0. The molecule has 2 aliphatic rings. The van der Waals surface area contributed by atoms with E-state index in [0.717, 1.165) is 82.8 Å². The van der Waals surface area contributed by atoms with Crippen molar-refractivity contribution in [1.29, 1.82) is 0 Å². The van der Waals surface area contributed by atoms with Crippen LogP contribution in [0.2, 0.25) is 5.02 Å². The maximum Gasteiger partial charge on any atom is 0.225 e. The van der Waals surface area contributed by atoms with Crippen LogP contribution in [-0.4, -0.2) is 59.1 Å². The maximum absolute atomic E-state index is 13.3. The summed E-state index contributed by atoms with van der Waals surface area (Å²) >= 11 is 6.12. The lowest BCUT2D eigenvalue weighted by atomic mass is 9.86. The van der Waals surface area contributed by atoms with Crippen molar-refractivity contribution in [3.8, 4) is 0 Å². The summed E-state index contributed by atoms with van der Waals surface area (Å²) in [6.45, 7) is 7.65. The summed E-state index contributed by atoms with van der Waals surface area (Å²) in [4.78, 5) is 26.9. The first-order valence-corrected chi connectivity index (χ1v) is 13.2. The quantitative estimate of drug-likeness (QED) is 0.371. The second-order valence-corrected chi connectivity index (χ2v) is 10.1. The standard InChI is InChI=1S/C28H37ClN4O/c1-2-3-14-31-27(23-4-6-26(29)7-5-23)24-12-19-33(20-13-24)28(34)25-10-17-32(18-11-25)21-22-8-15-30-16-9-22/h4-9,15-16,24-25H,2-3,10-14,17-21H2,1H3. The number of aliphatic imine (C=N–C) groups is 1. The molecule has 0 unspecified atom stereocenters. The molecule has 5 nitrogen and oxygen atoms in total. The summed E-state index contributed by atoms with van der Waals surface area (Å²) in [6.07, 6.45) is 9.83. The number of amides is 1. The third-order valence-corrected chi connectivity index (χ3v) is 7.47. The second kappa shape index (κ2) is 12.5. The van der Waals surface area contributed by atoms with Gasteiger partial charge in [-0.1, -0.05) is 37.1 Å². The Labute approximate surface area is 209 Å². The number of rotatable bonds is 8. The molecule has 182 valence electrons. The number of nitrogens with zero attached hydrogens (tertiary/aromatic N) is 4. The lowest BCUT2D eigenvalue weighted by Crippen LogP contribution is -2.46. The fourth-order valence-corrected chi connectivity index (χ4v) is 5.28. The molecule has 0 N–H and O–H groups in total. The van der Waals surface area contributed by atoms with Crippen molar-refractivity contribution >= 4 is 23.2 Å². The van der Waals surface area contributed by atoms with Gasteiger partial charge in [0, 0.05) is 61.1 Å². The van der Waals surface area contributed by atoms with E-state index in [1.807, 2.05) is 24.5 Å². The van der Waals surface area contributed by atoms with Crippen LogP contribution >= 0.6 is 11.6 Å². The van der Waals surface area contributed by atoms with Gasteiger partial charge in [-0.2, -0.15) is 0 Å². The zero-order valence-electron chi connectivity index (χ0n) is 20.3. The van der Waals surface area contributed by atoms with Crippen LogP contribution in [-0.2, 0) is 11.3 Å². The minimum absolute atomic E-state index is 0.166. The minimum atomic E-state index is 0.166. The highest BCUT2D eigenvalue weighted by molar-refractivity contribution is 6.30. The minimum Gasteiger partial charge on any atom is -0.342 e. The predicted molar refractivity (Wildman–Crippen MR) is 139 cm³/mol. The molecule has 0 saturated carbocycles. The van der Waals surface area contributed by atoms with Crippen molar-refractivity contribution in [2.24, 2.45) is 16.8 Å². The summed E-state index contributed by atoms with van der Waals surface area (Å²) in [6, 6.07) is 12.2. The molecule has 0 atom stereocenters. The number of carbonyl (C=O) groups excluding carboxylic acids is 1. The fraction of sp³-hybridized carbons (Fsp3) is 0.536. The highest BCUT2D eigenvalue weighted by atomic mass is 35.5. The van der Waals surface area contributed by atoms with Crippen LogP contribution in [0.5, 0.6) is 0 Å². The summed E-state index contributed by atoms with van der Waals surface area (Å²) in [5.41, 5.74) is 3.66. The molecular weight excluding hydrogens is 444 g/mol. The second-order valence-electron chi connectivity index (χ2n) is 9.63. The van der Waals surface area contributed by atoms with E-state index in [4.69, 9.17) is 16.6 Å².